The van der Waals surface area contributed by atoms with E-state index in [2.05, 4.69) is 58.0 Å². The molecular formula is C12H17N5. The van der Waals surface area contributed by atoms with Crippen molar-refractivity contribution in [2.75, 3.05) is 13.6 Å². The van der Waals surface area contributed by atoms with Crippen LogP contribution in [0, 0.1) is 13.8 Å². The van der Waals surface area contributed by atoms with Crippen molar-refractivity contribution in [1.29, 1.82) is 0 Å². The van der Waals surface area contributed by atoms with Crippen molar-refractivity contribution >= 4 is 0 Å². The molecule has 0 radical (unpaired) electrons. The summed E-state index contributed by atoms with van der Waals surface area (Å²) in [6.45, 7) is 5.00. The lowest BCUT2D eigenvalue weighted by molar-refractivity contribution is 0.669. The maximum Gasteiger partial charge on any atom is 0.183 e. The van der Waals surface area contributed by atoms with Gasteiger partial charge in [0.15, 0.2) is 5.82 Å². The lowest BCUT2D eigenvalue weighted by Gasteiger charge is -2.16. The normalized spacial score (nSPS) is 12.6. The molecule has 2 rings (SSSR count). The molecule has 1 aromatic heterocycles. The number of aromatic amines is 1. The van der Waals surface area contributed by atoms with Gasteiger partial charge in [0.1, 0.15) is 0 Å². The number of likely N-dealkylation sites (N-methyl/N-ethyl adjacent to an activating group) is 1. The van der Waals surface area contributed by atoms with E-state index in [-0.39, 0.29) is 5.92 Å². The van der Waals surface area contributed by atoms with Crippen LogP contribution in [0.1, 0.15) is 28.4 Å². The summed E-state index contributed by atoms with van der Waals surface area (Å²) < 4.78 is 0. The average Bonchev–Trinajstić information content (AvgIpc) is 2.83. The first-order valence-electron chi connectivity index (χ1n) is 5.67. The van der Waals surface area contributed by atoms with E-state index in [9.17, 15) is 0 Å². The van der Waals surface area contributed by atoms with Gasteiger partial charge in [-0.3, -0.25) is 0 Å². The first-order chi connectivity index (χ1) is 8.22. The molecule has 0 amide bonds. The van der Waals surface area contributed by atoms with Crippen LogP contribution in [-0.4, -0.2) is 34.2 Å². The molecule has 90 valence electrons. The van der Waals surface area contributed by atoms with Crippen molar-refractivity contribution in [3.63, 3.8) is 0 Å². The van der Waals surface area contributed by atoms with Crippen LogP contribution < -0.4 is 5.32 Å². The lowest BCUT2D eigenvalue weighted by atomic mass is 9.92. The lowest BCUT2D eigenvalue weighted by Crippen LogP contribution is -2.20. The number of nitrogens with one attached hydrogen (secondary N) is 2. The third kappa shape index (κ3) is 2.50. The molecule has 2 N–H and O–H groups in total. The van der Waals surface area contributed by atoms with Crippen molar-refractivity contribution in [2.24, 2.45) is 0 Å². The van der Waals surface area contributed by atoms with Crippen molar-refractivity contribution in [3.8, 4) is 0 Å². The molecule has 1 heterocycles. The number of hydrogen-bond donors (Lipinski definition) is 2. The second-order valence-corrected chi connectivity index (χ2v) is 4.24. The number of tetrazole rings is 1. The fraction of sp³-hybridized carbons (Fsp3) is 0.417. The molecule has 5 nitrogen and oxygen atoms in total. The van der Waals surface area contributed by atoms with Crippen LogP contribution in [-0.2, 0) is 0 Å². The van der Waals surface area contributed by atoms with E-state index < -0.39 is 0 Å². The van der Waals surface area contributed by atoms with Gasteiger partial charge in [0.2, 0.25) is 0 Å². The monoisotopic (exact) mass is 231 g/mol. The summed E-state index contributed by atoms with van der Waals surface area (Å²) in [6.07, 6.45) is 0. The number of nitrogens with zero attached hydrogens (tertiary/aromatic N) is 3. The molecular weight excluding hydrogens is 214 g/mol. The van der Waals surface area contributed by atoms with Crippen molar-refractivity contribution in [2.45, 2.75) is 19.8 Å². The van der Waals surface area contributed by atoms with Crippen LogP contribution in [0.25, 0.3) is 0 Å². The van der Waals surface area contributed by atoms with E-state index in [1.54, 1.807) is 0 Å². The Morgan fingerprint density at radius 2 is 2.18 bits per heavy atom. The topological polar surface area (TPSA) is 66.5 Å². The molecule has 0 saturated carbocycles. The molecule has 0 bridgehead atoms. The SMILES string of the molecule is CNCC(c1nn[nH]n1)c1cc(C)ccc1C. The largest absolute Gasteiger partial charge is 0.319 e. The Hall–Kier alpha value is -1.75. The number of hydrogen-bond acceptors (Lipinski definition) is 4. The molecule has 0 saturated heterocycles. The van der Waals surface area contributed by atoms with Crippen molar-refractivity contribution < 1.29 is 0 Å². The minimum absolute atomic E-state index is 0.138. The second kappa shape index (κ2) is 5.05. The van der Waals surface area contributed by atoms with E-state index in [0.717, 1.165) is 12.4 Å². The Bertz CT molecular complexity index is 478. The summed E-state index contributed by atoms with van der Waals surface area (Å²) in [6, 6.07) is 6.44. The zero-order chi connectivity index (χ0) is 12.3. The van der Waals surface area contributed by atoms with Gasteiger partial charge in [0, 0.05) is 6.54 Å². The van der Waals surface area contributed by atoms with Gasteiger partial charge in [-0.15, -0.1) is 10.2 Å². The Balaban J connectivity index is 2.42. The van der Waals surface area contributed by atoms with Gasteiger partial charge >= 0.3 is 0 Å². The van der Waals surface area contributed by atoms with Crippen molar-refractivity contribution in [1.82, 2.24) is 25.9 Å². The zero-order valence-electron chi connectivity index (χ0n) is 10.4. The van der Waals surface area contributed by atoms with E-state index in [1.807, 2.05) is 7.05 Å². The summed E-state index contributed by atoms with van der Waals surface area (Å²) in [7, 11) is 1.93. The Morgan fingerprint density at radius 3 is 2.82 bits per heavy atom. The average molecular weight is 231 g/mol. The summed E-state index contributed by atoms with van der Waals surface area (Å²) >= 11 is 0. The van der Waals surface area contributed by atoms with E-state index in [4.69, 9.17) is 0 Å². The van der Waals surface area contributed by atoms with Crippen LogP contribution in [0.4, 0.5) is 0 Å². The highest BCUT2D eigenvalue weighted by Gasteiger charge is 2.19. The molecule has 0 aliphatic carbocycles. The maximum absolute atomic E-state index is 4.10. The van der Waals surface area contributed by atoms with Gasteiger partial charge < -0.3 is 5.32 Å². The smallest absolute Gasteiger partial charge is 0.183 e. The number of benzene rings is 1. The van der Waals surface area contributed by atoms with E-state index in [0.29, 0.717) is 0 Å². The van der Waals surface area contributed by atoms with Crippen LogP contribution >= 0.6 is 0 Å². The summed E-state index contributed by atoms with van der Waals surface area (Å²) in [4.78, 5) is 0. The molecule has 0 spiro atoms. The first kappa shape index (κ1) is 11.7. The van der Waals surface area contributed by atoms with Gasteiger partial charge in [0.25, 0.3) is 0 Å². The third-order valence-corrected chi connectivity index (χ3v) is 2.89. The van der Waals surface area contributed by atoms with E-state index >= 15 is 0 Å². The van der Waals surface area contributed by atoms with Gasteiger partial charge in [-0.1, -0.05) is 29.0 Å². The highest BCUT2D eigenvalue weighted by Crippen LogP contribution is 2.24. The molecule has 1 aromatic carbocycles. The van der Waals surface area contributed by atoms with Crippen LogP contribution in [0.2, 0.25) is 0 Å². The van der Waals surface area contributed by atoms with Gasteiger partial charge in [-0.05, 0) is 32.0 Å². The zero-order valence-corrected chi connectivity index (χ0v) is 10.4. The highest BCUT2D eigenvalue weighted by molar-refractivity contribution is 5.36. The Labute approximate surface area is 101 Å². The van der Waals surface area contributed by atoms with Gasteiger partial charge in [-0.25, -0.2) is 0 Å². The molecule has 17 heavy (non-hydrogen) atoms. The molecule has 0 fully saturated rings. The summed E-state index contributed by atoms with van der Waals surface area (Å²) in [5, 5.41) is 17.5. The second-order valence-electron chi connectivity index (χ2n) is 4.24. The molecule has 2 aromatic rings. The predicted octanol–water partition coefficient (Wildman–Crippen LogP) is 1.17. The first-order valence-corrected chi connectivity index (χ1v) is 5.67. The quantitative estimate of drug-likeness (QED) is 0.829. The number of aromatic nitrogens is 4. The van der Waals surface area contributed by atoms with Crippen LogP contribution in [0.5, 0.6) is 0 Å². The predicted molar refractivity (Wildman–Crippen MR) is 65.9 cm³/mol. The summed E-state index contributed by atoms with van der Waals surface area (Å²) in [5.74, 6) is 0.867. The minimum atomic E-state index is 0.138. The Kier molecular flexibility index (Phi) is 3.49. The minimum Gasteiger partial charge on any atom is -0.319 e. The van der Waals surface area contributed by atoms with E-state index in [1.165, 1.54) is 16.7 Å². The molecule has 1 unspecified atom stereocenters. The van der Waals surface area contributed by atoms with Crippen molar-refractivity contribution in [3.05, 3.63) is 40.7 Å². The molecule has 0 aliphatic rings. The van der Waals surface area contributed by atoms with Crippen LogP contribution in [0.3, 0.4) is 0 Å². The number of rotatable bonds is 4. The van der Waals surface area contributed by atoms with Gasteiger partial charge in [-0.2, -0.15) is 5.21 Å². The molecule has 1 atom stereocenters. The Morgan fingerprint density at radius 1 is 1.35 bits per heavy atom. The standard InChI is InChI=1S/C12H17N5/c1-8-4-5-9(2)10(6-8)11(7-13-3)12-14-16-17-15-12/h4-6,11,13H,7H2,1-3H3,(H,14,15,16,17). The fourth-order valence-corrected chi connectivity index (χ4v) is 2.00. The fourth-order valence-electron chi connectivity index (χ4n) is 2.00. The number of aryl methyl sites for hydroxylation is 2. The maximum atomic E-state index is 4.10. The highest BCUT2D eigenvalue weighted by atomic mass is 15.5. The van der Waals surface area contributed by atoms with Crippen LogP contribution in [0.15, 0.2) is 18.2 Å². The molecule has 5 heteroatoms. The molecule has 0 aliphatic heterocycles. The third-order valence-electron chi connectivity index (χ3n) is 2.89. The summed E-state index contributed by atoms with van der Waals surface area (Å²) in [5.41, 5.74) is 3.75. The van der Waals surface area contributed by atoms with Gasteiger partial charge in [0.05, 0.1) is 5.92 Å². The number of H-pyrrole nitrogens is 1.